The molecule has 1 aromatic carbocycles. The third-order valence-electron chi connectivity index (χ3n) is 1.08. The summed E-state index contributed by atoms with van der Waals surface area (Å²) in [7, 11) is 0. The predicted octanol–water partition coefficient (Wildman–Crippen LogP) is 3.20. The maximum absolute atomic E-state index is 12.6. The Bertz CT molecular complexity index is 275. The van der Waals surface area contributed by atoms with Crippen LogP contribution in [0.5, 0.6) is 5.75 Å². The Morgan fingerprint density at radius 3 is 2.27 bits per heavy atom. The lowest BCUT2D eigenvalue weighted by atomic mass is 10.3. The van der Waals surface area contributed by atoms with Gasteiger partial charge < -0.3 is 5.11 Å². The third-order valence-corrected chi connectivity index (χ3v) is 3.16. The summed E-state index contributed by atoms with van der Waals surface area (Å²) in [5.41, 5.74) is 0. The van der Waals surface area contributed by atoms with Gasteiger partial charge in [-0.1, -0.05) is 0 Å². The van der Waals surface area contributed by atoms with Crippen LogP contribution in [0.2, 0.25) is 0 Å². The molecule has 0 saturated carbocycles. The third kappa shape index (κ3) is 1.54. The highest BCUT2D eigenvalue weighted by molar-refractivity contribution is 9.13. The molecule has 0 spiro atoms. The lowest BCUT2D eigenvalue weighted by Crippen LogP contribution is -1.86. The summed E-state index contributed by atoms with van der Waals surface area (Å²) in [4.78, 5) is 0. The van der Waals surface area contributed by atoms with Crippen molar-refractivity contribution in [3.8, 4) is 5.75 Å². The number of halogens is 4. The quantitative estimate of drug-likeness (QED) is 0.574. The van der Waals surface area contributed by atoms with Gasteiger partial charge in [-0.2, -0.15) is 0 Å². The van der Waals surface area contributed by atoms with Gasteiger partial charge in [0.2, 0.25) is 0 Å². The Labute approximate surface area is 78.3 Å². The summed E-state index contributed by atoms with van der Waals surface area (Å²) in [6, 6.07) is 0.699. The highest BCUT2D eigenvalue weighted by Crippen LogP contribution is 2.34. The van der Waals surface area contributed by atoms with Crippen LogP contribution in [0.4, 0.5) is 8.78 Å². The van der Waals surface area contributed by atoms with Gasteiger partial charge in [-0.3, -0.25) is 0 Å². The smallest absolute Gasteiger partial charge is 0.174 e. The van der Waals surface area contributed by atoms with Crippen molar-refractivity contribution in [3.63, 3.8) is 0 Å². The number of aromatic hydroxyl groups is 1. The molecule has 5 heteroatoms. The average molecular weight is 288 g/mol. The molecule has 0 aliphatic heterocycles. The zero-order valence-electron chi connectivity index (χ0n) is 5.04. The normalized spacial score (nSPS) is 10.2. The molecule has 0 amide bonds. The fourth-order valence-corrected chi connectivity index (χ4v) is 1.24. The van der Waals surface area contributed by atoms with Crippen molar-refractivity contribution in [2.75, 3.05) is 0 Å². The minimum absolute atomic E-state index is 0.108. The van der Waals surface area contributed by atoms with E-state index in [0.29, 0.717) is 6.07 Å². The largest absolute Gasteiger partial charge is 0.507 e. The Hall–Kier alpha value is -0.160. The maximum Gasteiger partial charge on any atom is 0.174 e. The van der Waals surface area contributed by atoms with Gasteiger partial charge >= 0.3 is 0 Å². The van der Waals surface area contributed by atoms with E-state index >= 15 is 0 Å². The second-order valence-electron chi connectivity index (χ2n) is 1.82. The molecule has 1 nitrogen and oxygen atoms in total. The van der Waals surface area contributed by atoms with Crippen molar-refractivity contribution in [3.05, 3.63) is 26.6 Å². The van der Waals surface area contributed by atoms with Crippen molar-refractivity contribution >= 4 is 31.9 Å². The zero-order chi connectivity index (χ0) is 8.59. The molecular formula is C6H2Br2F2O. The summed E-state index contributed by atoms with van der Waals surface area (Å²) in [5.74, 6) is -2.44. The van der Waals surface area contributed by atoms with Crippen molar-refractivity contribution in [2.45, 2.75) is 0 Å². The molecule has 0 heterocycles. The van der Waals surface area contributed by atoms with Crippen LogP contribution in [0.3, 0.4) is 0 Å². The molecule has 1 rings (SSSR count). The van der Waals surface area contributed by atoms with Crippen LogP contribution in [0.1, 0.15) is 0 Å². The van der Waals surface area contributed by atoms with E-state index in [9.17, 15) is 8.78 Å². The molecule has 0 bridgehead atoms. The molecule has 1 N–H and O–H groups in total. The lowest BCUT2D eigenvalue weighted by molar-refractivity contribution is 0.449. The van der Waals surface area contributed by atoms with E-state index in [4.69, 9.17) is 5.11 Å². The summed E-state index contributed by atoms with van der Waals surface area (Å²) >= 11 is 5.62. The first-order valence-electron chi connectivity index (χ1n) is 2.56. The molecule has 0 aliphatic rings. The van der Waals surface area contributed by atoms with Crippen molar-refractivity contribution < 1.29 is 13.9 Å². The predicted molar refractivity (Wildman–Crippen MR) is 43.4 cm³/mol. The molecule has 0 fully saturated rings. The van der Waals surface area contributed by atoms with Gasteiger partial charge in [0, 0.05) is 6.07 Å². The monoisotopic (exact) mass is 286 g/mol. The van der Waals surface area contributed by atoms with Gasteiger partial charge in [0.15, 0.2) is 11.6 Å². The van der Waals surface area contributed by atoms with E-state index in [-0.39, 0.29) is 14.7 Å². The second kappa shape index (κ2) is 3.06. The minimum Gasteiger partial charge on any atom is -0.507 e. The van der Waals surface area contributed by atoms with Crippen LogP contribution in [0.25, 0.3) is 0 Å². The van der Waals surface area contributed by atoms with Crippen LogP contribution in [-0.2, 0) is 0 Å². The number of rotatable bonds is 0. The van der Waals surface area contributed by atoms with Crippen molar-refractivity contribution in [1.82, 2.24) is 0 Å². The number of hydrogen-bond donors (Lipinski definition) is 1. The fraction of sp³-hybridized carbons (Fsp3) is 0. The first-order chi connectivity index (χ1) is 5.04. The fourth-order valence-electron chi connectivity index (χ4n) is 0.560. The van der Waals surface area contributed by atoms with Gasteiger partial charge in [0.05, 0.1) is 8.95 Å². The Balaban J connectivity index is 3.46. The average Bonchev–Trinajstić information content (AvgIpc) is 1.97. The highest BCUT2D eigenvalue weighted by atomic mass is 79.9. The summed E-state index contributed by atoms with van der Waals surface area (Å²) in [5, 5.41) is 8.92. The molecule has 0 saturated heterocycles. The second-order valence-corrected chi connectivity index (χ2v) is 3.41. The van der Waals surface area contributed by atoms with Gasteiger partial charge in [-0.15, -0.1) is 0 Å². The van der Waals surface area contributed by atoms with Crippen LogP contribution >= 0.6 is 31.9 Å². The van der Waals surface area contributed by atoms with E-state index in [1.54, 1.807) is 0 Å². The molecule has 0 atom stereocenters. The van der Waals surface area contributed by atoms with Crippen LogP contribution < -0.4 is 0 Å². The molecule has 60 valence electrons. The van der Waals surface area contributed by atoms with E-state index in [0.717, 1.165) is 0 Å². The summed E-state index contributed by atoms with van der Waals surface area (Å²) in [6.45, 7) is 0. The number of phenols is 1. The van der Waals surface area contributed by atoms with E-state index < -0.39 is 11.6 Å². The first-order valence-corrected chi connectivity index (χ1v) is 4.14. The van der Waals surface area contributed by atoms with E-state index in [1.807, 2.05) is 0 Å². The van der Waals surface area contributed by atoms with E-state index in [2.05, 4.69) is 31.9 Å². The maximum atomic E-state index is 12.6. The molecule has 1 aromatic rings. The van der Waals surface area contributed by atoms with Gasteiger partial charge in [-0.25, -0.2) is 8.78 Å². The van der Waals surface area contributed by atoms with Gasteiger partial charge in [-0.05, 0) is 31.9 Å². The molecule has 0 unspecified atom stereocenters. The topological polar surface area (TPSA) is 20.2 Å². The van der Waals surface area contributed by atoms with Gasteiger partial charge in [0.1, 0.15) is 5.75 Å². The van der Waals surface area contributed by atoms with Crippen LogP contribution in [-0.4, -0.2) is 5.11 Å². The van der Waals surface area contributed by atoms with Crippen molar-refractivity contribution in [1.29, 1.82) is 0 Å². The summed E-state index contributed by atoms with van der Waals surface area (Å²) < 4.78 is 25.0. The van der Waals surface area contributed by atoms with Crippen molar-refractivity contribution in [2.24, 2.45) is 0 Å². The van der Waals surface area contributed by atoms with Crippen LogP contribution in [0.15, 0.2) is 15.0 Å². The molecule has 0 radical (unpaired) electrons. The zero-order valence-corrected chi connectivity index (χ0v) is 8.21. The number of phenolic OH excluding ortho intramolecular Hbond substituents is 1. The Morgan fingerprint density at radius 2 is 1.73 bits per heavy atom. The number of hydrogen-bond acceptors (Lipinski definition) is 1. The number of benzene rings is 1. The highest BCUT2D eigenvalue weighted by Gasteiger charge is 2.13. The standard InChI is InChI=1S/C6H2Br2F2O/c7-4-3(11)1-2(9)6(10)5(4)8/h1,11H. The molecule has 0 aromatic heterocycles. The lowest BCUT2D eigenvalue weighted by Gasteiger charge is -2.01. The Kier molecular flexibility index (Phi) is 2.49. The molecule has 0 aliphatic carbocycles. The van der Waals surface area contributed by atoms with E-state index in [1.165, 1.54) is 0 Å². The van der Waals surface area contributed by atoms with Gasteiger partial charge in [0.25, 0.3) is 0 Å². The first kappa shape index (κ1) is 8.93. The minimum atomic E-state index is -1.09. The summed E-state index contributed by atoms with van der Waals surface area (Å²) in [6.07, 6.45) is 0. The molecular weight excluding hydrogens is 286 g/mol. The SMILES string of the molecule is Oc1cc(F)c(F)c(Br)c1Br. The van der Waals surface area contributed by atoms with Crippen LogP contribution in [0, 0.1) is 11.6 Å². The Morgan fingerprint density at radius 1 is 1.18 bits per heavy atom. The molecule has 11 heavy (non-hydrogen) atoms.